The predicted molar refractivity (Wildman–Crippen MR) is 65.3 cm³/mol. The Balaban J connectivity index is 2.12. The maximum absolute atomic E-state index is 11.2. The summed E-state index contributed by atoms with van der Waals surface area (Å²) in [6, 6.07) is 11.5. The molecular formula is C13H12N2O2. The Hall–Kier alpha value is -2.36. The van der Waals surface area contributed by atoms with E-state index in [0.717, 1.165) is 11.3 Å². The monoisotopic (exact) mass is 228 g/mol. The van der Waals surface area contributed by atoms with Crippen molar-refractivity contribution in [3.63, 3.8) is 0 Å². The van der Waals surface area contributed by atoms with Crippen LogP contribution in [0.1, 0.15) is 21.7 Å². The summed E-state index contributed by atoms with van der Waals surface area (Å²) in [7, 11) is 1.33. The first-order valence-corrected chi connectivity index (χ1v) is 5.16. The number of esters is 1. The minimum absolute atomic E-state index is 0.278. The molecule has 1 N–H and O–H groups in total. The van der Waals surface area contributed by atoms with Gasteiger partial charge >= 0.3 is 5.97 Å². The fourth-order valence-electron chi connectivity index (χ4n) is 1.38. The van der Waals surface area contributed by atoms with Gasteiger partial charge in [-0.3, -0.25) is 5.10 Å². The van der Waals surface area contributed by atoms with Crippen LogP contribution < -0.4 is 0 Å². The van der Waals surface area contributed by atoms with Crippen LogP contribution in [-0.4, -0.2) is 23.3 Å². The van der Waals surface area contributed by atoms with Gasteiger partial charge in [-0.05, 0) is 17.7 Å². The number of benzene rings is 1. The van der Waals surface area contributed by atoms with Gasteiger partial charge in [0.15, 0.2) is 5.69 Å². The highest BCUT2D eigenvalue weighted by Gasteiger charge is 2.08. The van der Waals surface area contributed by atoms with Crippen LogP contribution in [0.5, 0.6) is 0 Å². The van der Waals surface area contributed by atoms with Gasteiger partial charge in [-0.2, -0.15) is 5.10 Å². The second kappa shape index (κ2) is 5.12. The lowest BCUT2D eigenvalue weighted by Crippen LogP contribution is -2.00. The van der Waals surface area contributed by atoms with Crippen molar-refractivity contribution in [3.8, 4) is 0 Å². The van der Waals surface area contributed by atoms with Crippen molar-refractivity contribution < 1.29 is 9.53 Å². The molecule has 86 valence electrons. The molecule has 4 nitrogen and oxygen atoms in total. The van der Waals surface area contributed by atoms with E-state index in [2.05, 4.69) is 14.9 Å². The Bertz CT molecular complexity index is 529. The molecule has 0 atom stereocenters. The Morgan fingerprint density at radius 3 is 2.76 bits per heavy atom. The van der Waals surface area contributed by atoms with Gasteiger partial charge in [-0.15, -0.1) is 0 Å². The Morgan fingerprint density at radius 2 is 2.06 bits per heavy atom. The van der Waals surface area contributed by atoms with Crippen molar-refractivity contribution in [1.29, 1.82) is 0 Å². The zero-order valence-corrected chi connectivity index (χ0v) is 9.38. The first-order valence-electron chi connectivity index (χ1n) is 5.16. The summed E-state index contributed by atoms with van der Waals surface area (Å²) in [6.45, 7) is 0. The number of nitrogens with zero attached hydrogens (tertiary/aromatic N) is 1. The van der Waals surface area contributed by atoms with Crippen LogP contribution in [0, 0.1) is 0 Å². The molecule has 0 aliphatic rings. The molecule has 2 aromatic rings. The molecule has 1 aromatic heterocycles. The van der Waals surface area contributed by atoms with Gasteiger partial charge in [0.05, 0.1) is 12.8 Å². The lowest BCUT2D eigenvalue weighted by molar-refractivity contribution is 0.0594. The van der Waals surface area contributed by atoms with Crippen molar-refractivity contribution in [2.45, 2.75) is 0 Å². The third-order valence-corrected chi connectivity index (χ3v) is 2.25. The Labute approximate surface area is 98.9 Å². The van der Waals surface area contributed by atoms with E-state index in [0.29, 0.717) is 0 Å². The molecule has 1 heterocycles. The molecule has 0 unspecified atom stereocenters. The van der Waals surface area contributed by atoms with Gasteiger partial charge in [0.1, 0.15) is 0 Å². The minimum atomic E-state index is -0.444. The largest absolute Gasteiger partial charge is 0.464 e. The zero-order valence-electron chi connectivity index (χ0n) is 9.38. The van der Waals surface area contributed by atoms with Gasteiger partial charge in [0.2, 0.25) is 0 Å². The fraction of sp³-hybridized carbons (Fsp3) is 0.0769. The van der Waals surface area contributed by atoms with Crippen LogP contribution in [0.4, 0.5) is 0 Å². The van der Waals surface area contributed by atoms with Crippen molar-refractivity contribution in [2.24, 2.45) is 0 Å². The predicted octanol–water partition coefficient (Wildman–Crippen LogP) is 2.37. The third kappa shape index (κ3) is 2.81. The quantitative estimate of drug-likeness (QED) is 0.820. The lowest BCUT2D eigenvalue weighted by atomic mass is 10.2. The van der Waals surface area contributed by atoms with Crippen LogP contribution in [0.2, 0.25) is 0 Å². The summed E-state index contributed by atoms with van der Waals surface area (Å²) in [5.74, 6) is -0.444. The summed E-state index contributed by atoms with van der Waals surface area (Å²) in [5, 5.41) is 6.60. The first kappa shape index (κ1) is 11.1. The highest BCUT2D eigenvalue weighted by molar-refractivity contribution is 5.88. The smallest absolute Gasteiger partial charge is 0.358 e. The van der Waals surface area contributed by atoms with E-state index < -0.39 is 5.97 Å². The number of H-pyrrole nitrogens is 1. The molecule has 0 aliphatic heterocycles. The number of hydrogen-bond donors (Lipinski definition) is 1. The number of nitrogens with one attached hydrogen (secondary N) is 1. The summed E-state index contributed by atoms with van der Waals surface area (Å²) < 4.78 is 4.57. The molecule has 4 heteroatoms. The zero-order chi connectivity index (χ0) is 12.1. The summed E-state index contributed by atoms with van der Waals surface area (Å²) in [6.07, 6.45) is 3.79. The first-order chi connectivity index (χ1) is 8.29. The topological polar surface area (TPSA) is 55.0 Å². The molecule has 0 saturated carbocycles. The normalized spacial score (nSPS) is 10.6. The number of ether oxygens (including phenoxy) is 1. The second-order valence-corrected chi connectivity index (χ2v) is 3.44. The van der Waals surface area contributed by atoms with Crippen LogP contribution >= 0.6 is 0 Å². The maximum Gasteiger partial charge on any atom is 0.358 e. The second-order valence-electron chi connectivity index (χ2n) is 3.44. The standard InChI is InChI=1S/C13H12N2O2/c1-17-13(16)12-9-11(14-15-12)8-7-10-5-3-2-4-6-10/h2-9H,1H3,(H,14,15)/b8-7+. The van der Waals surface area contributed by atoms with Crippen LogP contribution in [0.3, 0.4) is 0 Å². The number of aromatic nitrogens is 2. The van der Waals surface area contributed by atoms with Crippen molar-refractivity contribution >= 4 is 18.1 Å². The number of methoxy groups -OCH3 is 1. The van der Waals surface area contributed by atoms with Crippen LogP contribution in [-0.2, 0) is 4.74 Å². The number of aromatic amines is 1. The van der Waals surface area contributed by atoms with Gasteiger partial charge < -0.3 is 4.74 Å². The highest BCUT2D eigenvalue weighted by Crippen LogP contribution is 2.07. The molecule has 2 rings (SSSR count). The minimum Gasteiger partial charge on any atom is -0.464 e. The lowest BCUT2D eigenvalue weighted by Gasteiger charge is -1.90. The molecule has 0 amide bonds. The van der Waals surface area contributed by atoms with E-state index in [1.165, 1.54) is 7.11 Å². The molecular weight excluding hydrogens is 216 g/mol. The molecule has 0 bridgehead atoms. The number of rotatable bonds is 3. The maximum atomic E-state index is 11.2. The van der Waals surface area contributed by atoms with E-state index in [1.54, 1.807) is 6.07 Å². The van der Waals surface area contributed by atoms with Gasteiger partial charge in [-0.1, -0.05) is 36.4 Å². The van der Waals surface area contributed by atoms with E-state index in [-0.39, 0.29) is 5.69 Å². The van der Waals surface area contributed by atoms with E-state index in [1.807, 2.05) is 42.5 Å². The van der Waals surface area contributed by atoms with E-state index >= 15 is 0 Å². The summed E-state index contributed by atoms with van der Waals surface area (Å²) in [5.41, 5.74) is 2.12. The van der Waals surface area contributed by atoms with Gasteiger partial charge in [0.25, 0.3) is 0 Å². The summed E-state index contributed by atoms with van der Waals surface area (Å²) in [4.78, 5) is 11.2. The van der Waals surface area contributed by atoms with Crippen molar-refractivity contribution in [2.75, 3.05) is 7.11 Å². The Kier molecular flexibility index (Phi) is 3.35. The number of carbonyl (C=O) groups excluding carboxylic acids is 1. The van der Waals surface area contributed by atoms with Gasteiger partial charge in [-0.25, -0.2) is 4.79 Å². The third-order valence-electron chi connectivity index (χ3n) is 2.25. The van der Waals surface area contributed by atoms with Crippen molar-refractivity contribution in [1.82, 2.24) is 10.2 Å². The molecule has 0 aliphatic carbocycles. The molecule has 0 fully saturated rings. The SMILES string of the molecule is COC(=O)c1cc(/C=C/c2ccccc2)[nH]n1. The molecule has 0 saturated heterocycles. The molecule has 17 heavy (non-hydrogen) atoms. The highest BCUT2D eigenvalue weighted by atomic mass is 16.5. The average molecular weight is 228 g/mol. The van der Waals surface area contributed by atoms with E-state index in [4.69, 9.17) is 0 Å². The fourth-order valence-corrected chi connectivity index (χ4v) is 1.38. The van der Waals surface area contributed by atoms with Crippen LogP contribution in [0.25, 0.3) is 12.2 Å². The molecule has 0 radical (unpaired) electrons. The van der Waals surface area contributed by atoms with E-state index in [9.17, 15) is 4.79 Å². The molecule has 1 aromatic carbocycles. The van der Waals surface area contributed by atoms with Crippen LogP contribution in [0.15, 0.2) is 36.4 Å². The average Bonchev–Trinajstić information content (AvgIpc) is 2.85. The summed E-state index contributed by atoms with van der Waals surface area (Å²) >= 11 is 0. The number of carbonyl (C=O) groups is 1. The van der Waals surface area contributed by atoms with Crippen molar-refractivity contribution in [3.05, 3.63) is 53.3 Å². The van der Waals surface area contributed by atoms with Gasteiger partial charge in [0, 0.05) is 0 Å². The molecule has 0 spiro atoms. The number of hydrogen-bond acceptors (Lipinski definition) is 3. The Morgan fingerprint density at radius 1 is 1.29 bits per heavy atom.